The van der Waals surface area contributed by atoms with Gasteiger partial charge in [-0.15, -0.1) is 0 Å². The number of aldehydes is 1. The Morgan fingerprint density at radius 3 is 2.54 bits per heavy atom. The predicted octanol–water partition coefficient (Wildman–Crippen LogP) is 1.82. The van der Waals surface area contributed by atoms with Crippen molar-refractivity contribution in [1.29, 1.82) is 0 Å². The van der Waals surface area contributed by atoms with E-state index in [9.17, 15) is 29.7 Å². The molecule has 0 aromatic carbocycles. The lowest BCUT2D eigenvalue weighted by atomic mass is 9.43. The third-order valence-corrected chi connectivity index (χ3v) is 8.82. The highest BCUT2D eigenvalue weighted by molar-refractivity contribution is 6.02. The van der Waals surface area contributed by atoms with Gasteiger partial charge in [-0.25, -0.2) is 9.18 Å². The molecule has 154 valence electrons. The summed E-state index contributed by atoms with van der Waals surface area (Å²) in [5.41, 5.74) is -5.74. The van der Waals surface area contributed by atoms with Crippen LogP contribution in [0.15, 0.2) is 11.6 Å². The average molecular weight is 394 g/mol. The van der Waals surface area contributed by atoms with Crippen LogP contribution in [-0.2, 0) is 14.4 Å². The van der Waals surface area contributed by atoms with E-state index in [0.717, 1.165) is 0 Å². The Labute approximate surface area is 162 Å². The zero-order valence-corrected chi connectivity index (χ0v) is 16.2. The minimum absolute atomic E-state index is 0.0118. The molecule has 6 nitrogen and oxygen atoms in total. The molecule has 28 heavy (non-hydrogen) atoms. The number of carbonyl (C=O) groups excluding carboxylic acids is 2. The van der Waals surface area contributed by atoms with Gasteiger partial charge in [0.2, 0.25) is 0 Å². The third-order valence-electron chi connectivity index (χ3n) is 8.82. The number of ketones is 1. The van der Waals surface area contributed by atoms with E-state index in [-0.39, 0.29) is 25.0 Å². The number of fused-ring (bicyclic) bond motifs is 5. The minimum atomic E-state index is -2.08. The van der Waals surface area contributed by atoms with E-state index in [4.69, 9.17) is 0 Å². The van der Waals surface area contributed by atoms with Crippen LogP contribution in [0, 0.1) is 28.6 Å². The lowest BCUT2D eigenvalue weighted by molar-refractivity contribution is -0.232. The highest BCUT2D eigenvalue weighted by Gasteiger charge is 2.75. The molecule has 1 unspecified atom stereocenters. The Morgan fingerprint density at radius 1 is 1.25 bits per heavy atom. The quantitative estimate of drug-likeness (QED) is 0.487. The van der Waals surface area contributed by atoms with Gasteiger partial charge < -0.3 is 20.1 Å². The maximum absolute atomic E-state index is 16.9. The van der Waals surface area contributed by atoms with Gasteiger partial charge in [-0.3, -0.25) is 4.79 Å². The molecule has 4 aliphatic rings. The fraction of sp³-hybridized carbons (Fsp3) is 0.762. The number of halogens is 1. The molecular weight excluding hydrogens is 367 g/mol. The number of carboxylic acids is 1. The standard InChI is InChI=1S/C21H27FO6/c1-18-8-11(10-23)15(24)7-12(18)3-4-14-13-5-6-20(28,17(26)27)19(13,2)9-16(25)21(14,18)22/h7,10-11,13-14,16,25,28H,3-6,8-9H2,1-2H3,(H,26,27)/t11?,13-,14-,16-,18-,19-,20-,21-/m0/s1. The number of aliphatic hydroxyl groups is 2. The Kier molecular flexibility index (Phi) is 4.03. The van der Waals surface area contributed by atoms with E-state index in [2.05, 4.69) is 0 Å². The van der Waals surface area contributed by atoms with E-state index in [1.807, 2.05) is 0 Å². The summed E-state index contributed by atoms with van der Waals surface area (Å²) in [5.74, 6) is -3.62. The van der Waals surface area contributed by atoms with Crippen LogP contribution < -0.4 is 0 Å². The molecule has 0 heterocycles. The van der Waals surface area contributed by atoms with Crippen molar-refractivity contribution < 1.29 is 34.1 Å². The zero-order chi connectivity index (χ0) is 20.7. The van der Waals surface area contributed by atoms with Gasteiger partial charge in [0.05, 0.1) is 12.0 Å². The average Bonchev–Trinajstić information content (AvgIpc) is 2.89. The van der Waals surface area contributed by atoms with Crippen LogP contribution in [0.3, 0.4) is 0 Å². The molecule has 3 fully saturated rings. The number of aliphatic carboxylic acids is 1. The molecule has 0 amide bonds. The number of aliphatic hydroxyl groups excluding tert-OH is 1. The van der Waals surface area contributed by atoms with Crippen molar-refractivity contribution >= 4 is 18.0 Å². The Balaban J connectivity index is 1.82. The highest BCUT2D eigenvalue weighted by Crippen LogP contribution is 2.70. The topological polar surface area (TPSA) is 112 Å². The second-order valence-corrected chi connectivity index (χ2v) is 9.71. The summed E-state index contributed by atoms with van der Waals surface area (Å²) in [7, 11) is 0. The smallest absolute Gasteiger partial charge is 0.336 e. The van der Waals surface area contributed by atoms with Gasteiger partial charge in [0.25, 0.3) is 0 Å². The molecular formula is C21H27FO6. The summed E-state index contributed by atoms with van der Waals surface area (Å²) in [4.78, 5) is 35.4. The van der Waals surface area contributed by atoms with E-state index in [1.165, 1.54) is 6.08 Å². The van der Waals surface area contributed by atoms with Crippen LogP contribution in [0.2, 0.25) is 0 Å². The number of carbonyl (C=O) groups is 3. The van der Waals surface area contributed by atoms with Crippen molar-refractivity contribution in [3.8, 4) is 0 Å². The van der Waals surface area contributed by atoms with Crippen LogP contribution in [0.1, 0.15) is 52.4 Å². The molecule has 4 aliphatic carbocycles. The number of rotatable bonds is 2. The van der Waals surface area contributed by atoms with Crippen molar-refractivity contribution in [1.82, 2.24) is 0 Å². The second kappa shape index (κ2) is 5.72. The summed E-state index contributed by atoms with van der Waals surface area (Å²) >= 11 is 0. The molecule has 0 bridgehead atoms. The van der Waals surface area contributed by atoms with Gasteiger partial charge in [0, 0.05) is 16.7 Å². The monoisotopic (exact) mass is 394 g/mol. The highest BCUT2D eigenvalue weighted by atomic mass is 19.1. The van der Waals surface area contributed by atoms with Gasteiger partial charge in [-0.05, 0) is 50.5 Å². The SMILES string of the molecule is C[C@]12CC(C=O)C(=O)C=C1CC[C@H]1[C@@H]3CC[C@](O)(C(=O)O)[C@@]3(C)C[C@H](O)[C@@]12F. The van der Waals surface area contributed by atoms with Gasteiger partial charge >= 0.3 is 5.97 Å². The predicted molar refractivity (Wildman–Crippen MR) is 96.0 cm³/mol. The van der Waals surface area contributed by atoms with Crippen LogP contribution in [0.25, 0.3) is 0 Å². The van der Waals surface area contributed by atoms with Crippen molar-refractivity contribution in [2.75, 3.05) is 0 Å². The van der Waals surface area contributed by atoms with Gasteiger partial charge in [-0.1, -0.05) is 19.4 Å². The first kappa shape index (κ1) is 19.7. The number of allylic oxidation sites excluding steroid dienone is 1. The lowest BCUT2D eigenvalue weighted by Crippen LogP contribution is -2.69. The summed E-state index contributed by atoms with van der Waals surface area (Å²) in [6, 6.07) is 0. The molecule has 0 spiro atoms. The third kappa shape index (κ3) is 2.02. The van der Waals surface area contributed by atoms with Crippen LogP contribution >= 0.6 is 0 Å². The molecule has 7 heteroatoms. The molecule has 0 aromatic rings. The van der Waals surface area contributed by atoms with Crippen LogP contribution in [0.5, 0.6) is 0 Å². The molecule has 0 saturated heterocycles. The van der Waals surface area contributed by atoms with Crippen molar-refractivity contribution in [2.45, 2.75) is 69.7 Å². The molecule has 3 saturated carbocycles. The first-order chi connectivity index (χ1) is 13.0. The Bertz CT molecular complexity index is 794. The largest absolute Gasteiger partial charge is 0.479 e. The maximum atomic E-state index is 16.9. The maximum Gasteiger partial charge on any atom is 0.336 e. The molecule has 0 aromatic heterocycles. The number of hydrogen-bond donors (Lipinski definition) is 3. The lowest BCUT2D eigenvalue weighted by Gasteiger charge is -2.63. The number of hydrogen-bond acceptors (Lipinski definition) is 5. The summed E-state index contributed by atoms with van der Waals surface area (Å²) in [6.45, 7) is 3.33. The molecule has 8 atom stereocenters. The molecule has 0 radical (unpaired) electrons. The van der Waals surface area contributed by atoms with Gasteiger partial charge in [0.1, 0.15) is 12.0 Å². The minimum Gasteiger partial charge on any atom is -0.479 e. The van der Waals surface area contributed by atoms with Gasteiger partial charge in [0.15, 0.2) is 11.4 Å². The number of carboxylic acid groups (broad SMARTS) is 1. The van der Waals surface area contributed by atoms with Crippen LogP contribution in [-0.4, -0.2) is 50.7 Å². The molecule has 3 N–H and O–H groups in total. The fourth-order valence-corrected chi connectivity index (χ4v) is 7.16. The normalized spacial score (nSPS) is 52.9. The molecule has 4 rings (SSSR count). The van der Waals surface area contributed by atoms with Gasteiger partial charge in [-0.2, -0.15) is 0 Å². The fourth-order valence-electron chi connectivity index (χ4n) is 7.16. The van der Waals surface area contributed by atoms with Crippen LogP contribution in [0.4, 0.5) is 4.39 Å². The molecule has 0 aliphatic heterocycles. The van der Waals surface area contributed by atoms with Crippen molar-refractivity contribution in [3.05, 3.63) is 11.6 Å². The van der Waals surface area contributed by atoms with E-state index in [0.29, 0.717) is 31.1 Å². The first-order valence-corrected chi connectivity index (χ1v) is 9.98. The van der Waals surface area contributed by atoms with E-state index in [1.54, 1.807) is 13.8 Å². The van der Waals surface area contributed by atoms with Crippen molar-refractivity contribution in [2.24, 2.45) is 28.6 Å². The zero-order valence-electron chi connectivity index (χ0n) is 16.2. The Morgan fingerprint density at radius 2 is 1.93 bits per heavy atom. The van der Waals surface area contributed by atoms with E-state index < -0.39 is 51.9 Å². The summed E-state index contributed by atoms with van der Waals surface area (Å²) in [5, 5.41) is 31.6. The summed E-state index contributed by atoms with van der Waals surface area (Å²) in [6.07, 6.45) is 1.52. The Hall–Kier alpha value is -1.60. The van der Waals surface area contributed by atoms with Crippen molar-refractivity contribution in [3.63, 3.8) is 0 Å². The second-order valence-electron chi connectivity index (χ2n) is 9.71. The van der Waals surface area contributed by atoms with E-state index >= 15 is 4.39 Å². The summed E-state index contributed by atoms with van der Waals surface area (Å²) < 4.78 is 16.9. The first-order valence-electron chi connectivity index (χ1n) is 9.98. The number of alkyl halides is 1.